The van der Waals surface area contributed by atoms with E-state index in [2.05, 4.69) is 29.8 Å². The van der Waals surface area contributed by atoms with Crippen LogP contribution < -0.4 is 0 Å². The zero-order valence-electron chi connectivity index (χ0n) is 12.5. The minimum atomic E-state index is -0.233. The summed E-state index contributed by atoms with van der Waals surface area (Å²) in [5.41, 5.74) is 0.761. The number of rotatable bonds is 5. The van der Waals surface area contributed by atoms with Gasteiger partial charge >= 0.3 is 0 Å². The molecular formula is C16H18BrNO3S. The summed E-state index contributed by atoms with van der Waals surface area (Å²) in [4.78, 5) is 26.0. The first-order valence-corrected chi connectivity index (χ1v) is 8.73. The van der Waals surface area contributed by atoms with Crippen molar-refractivity contribution >= 4 is 44.9 Å². The fourth-order valence-electron chi connectivity index (χ4n) is 2.11. The van der Waals surface area contributed by atoms with E-state index in [4.69, 9.17) is 0 Å². The van der Waals surface area contributed by atoms with Gasteiger partial charge in [-0.15, -0.1) is 0 Å². The molecule has 22 heavy (non-hydrogen) atoms. The predicted molar refractivity (Wildman–Crippen MR) is 92.6 cm³/mol. The fourth-order valence-corrected chi connectivity index (χ4v) is 3.38. The van der Waals surface area contributed by atoms with E-state index in [1.54, 1.807) is 24.3 Å². The lowest BCUT2D eigenvalue weighted by atomic mass is 10.1. The summed E-state index contributed by atoms with van der Waals surface area (Å²) in [6, 6.07) is 4.96. The molecule has 1 aromatic carbocycles. The zero-order valence-corrected chi connectivity index (χ0v) is 14.9. The molecule has 1 fully saturated rings. The van der Waals surface area contributed by atoms with Crippen LogP contribution in [0.3, 0.4) is 0 Å². The SMILES string of the molecule is CC(C)CCCN1C(=O)S/C(=C\c2ccc(O)c(Br)c2)C1=O. The maximum Gasteiger partial charge on any atom is 0.293 e. The highest BCUT2D eigenvalue weighted by Crippen LogP contribution is 2.33. The first kappa shape index (κ1) is 17.1. The zero-order chi connectivity index (χ0) is 16.3. The molecule has 2 amide bonds. The van der Waals surface area contributed by atoms with Gasteiger partial charge in [0, 0.05) is 6.54 Å². The van der Waals surface area contributed by atoms with Crippen molar-refractivity contribution in [3.8, 4) is 5.75 Å². The predicted octanol–water partition coefficient (Wildman–Crippen LogP) is 4.63. The van der Waals surface area contributed by atoms with Gasteiger partial charge in [0.1, 0.15) is 5.75 Å². The number of benzene rings is 1. The van der Waals surface area contributed by atoms with Gasteiger partial charge in [0.2, 0.25) is 0 Å². The van der Waals surface area contributed by atoms with Crippen LogP contribution in [0.15, 0.2) is 27.6 Å². The molecule has 0 saturated carbocycles. The Morgan fingerprint density at radius 1 is 1.36 bits per heavy atom. The number of nitrogens with zero attached hydrogens (tertiary/aromatic N) is 1. The summed E-state index contributed by atoms with van der Waals surface area (Å²) in [7, 11) is 0. The van der Waals surface area contributed by atoms with E-state index in [0.29, 0.717) is 21.8 Å². The Morgan fingerprint density at radius 2 is 2.09 bits per heavy atom. The lowest BCUT2D eigenvalue weighted by Gasteiger charge is -2.12. The monoisotopic (exact) mass is 383 g/mol. The van der Waals surface area contributed by atoms with Crippen LogP contribution in [-0.4, -0.2) is 27.7 Å². The minimum Gasteiger partial charge on any atom is -0.507 e. The number of imide groups is 1. The molecule has 1 heterocycles. The maximum atomic E-state index is 12.3. The van der Waals surface area contributed by atoms with Crippen LogP contribution in [0.4, 0.5) is 4.79 Å². The number of hydrogen-bond acceptors (Lipinski definition) is 4. The molecule has 1 aliphatic rings. The van der Waals surface area contributed by atoms with Crippen LogP contribution in [0.5, 0.6) is 5.75 Å². The van der Waals surface area contributed by atoms with Crippen molar-refractivity contribution in [2.45, 2.75) is 26.7 Å². The number of phenols is 1. The molecule has 6 heteroatoms. The van der Waals surface area contributed by atoms with E-state index in [-0.39, 0.29) is 16.9 Å². The van der Waals surface area contributed by atoms with Crippen LogP contribution in [-0.2, 0) is 4.79 Å². The number of carbonyl (C=O) groups excluding carboxylic acids is 2. The highest BCUT2D eigenvalue weighted by atomic mass is 79.9. The Bertz CT molecular complexity index is 628. The van der Waals surface area contributed by atoms with E-state index in [1.807, 2.05) is 0 Å². The third-order valence-electron chi connectivity index (χ3n) is 3.31. The van der Waals surface area contributed by atoms with Crippen LogP contribution in [0, 0.1) is 5.92 Å². The van der Waals surface area contributed by atoms with E-state index in [9.17, 15) is 14.7 Å². The topological polar surface area (TPSA) is 57.6 Å². The number of halogens is 1. The van der Waals surface area contributed by atoms with Gasteiger partial charge in [-0.05, 0) is 70.2 Å². The first-order valence-electron chi connectivity index (χ1n) is 7.12. The van der Waals surface area contributed by atoms with E-state index >= 15 is 0 Å². The van der Waals surface area contributed by atoms with Gasteiger partial charge in [-0.3, -0.25) is 14.5 Å². The molecule has 0 aromatic heterocycles. The summed E-state index contributed by atoms with van der Waals surface area (Å²) in [6.45, 7) is 4.71. The Labute approximate surface area is 142 Å². The van der Waals surface area contributed by atoms with Crippen molar-refractivity contribution in [1.29, 1.82) is 0 Å². The average molecular weight is 384 g/mol. The van der Waals surface area contributed by atoms with Gasteiger partial charge in [-0.1, -0.05) is 19.9 Å². The van der Waals surface area contributed by atoms with Gasteiger partial charge in [0.15, 0.2) is 0 Å². The summed E-state index contributed by atoms with van der Waals surface area (Å²) in [5, 5.41) is 9.27. The second kappa shape index (κ2) is 7.33. The fraction of sp³-hybridized carbons (Fsp3) is 0.375. The molecule has 0 aliphatic carbocycles. The molecule has 1 saturated heterocycles. The van der Waals surface area contributed by atoms with Crippen molar-refractivity contribution in [3.63, 3.8) is 0 Å². The van der Waals surface area contributed by atoms with Crippen LogP contribution in [0.1, 0.15) is 32.3 Å². The number of amides is 2. The second-order valence-electron chi connectivity index (χ2n) is 5.58. The smallest absolute Gasteiger partial charge is 0.293 e. The normalized spacial score (nSPS) is 17.1. The number of carbonyl (C=O) groups is 2. The van der Waals surface area contributed by atoms with E-state index in [1.165, 1.54) is 4.90 Å². The van der Waals surface area contributed by atoms with Gasteiger partial charge in [-0.25, -0.2) is 0 Å². The van der Waals surface area contributed by atoms with Crippen molar-refractivity contribution in [1.82, 2.24) is 4.90 Å². The van der Waals surface area contributed by atoms with Crippen LogP contribution >= 0.6 is 27.7 Å². The van der Waals surface area contributed by atoms with Crippen LogP contribution in [0.2, 0.25) is 0 Å². The van der Waals surface area contributed by atoms with Gasteiger partial charge in [-0.2, -0.15) is 0 Å². The number of aromatic hydroxyl groups is 1. The van der Waals surface area contributed by atoms with Gasteiger partial charge in [0.25, 0.3) is 11.1 Å². The van der Waals surface area contributed by atoms with Crippen molar-refractivity contribution < 1.29 is 14.7 Å². The summed E-state index contributed by atoms with van der Waals surface area (Å²) < 4.78 is 0.553. The van der Waals surface area contributed by atoms with E-state index < -0.39 is 0 Å². The van der Waals surface area contributed by atoms with Crippen molar-refractivity contribution in [3.05, 3.63) is 33.1 Å². The quantitative estimate of drug-likeness (QED) is 0.753. The molecule has 1 aliphatic heterocycles. The Hall–Kier alpha value is -1.27. The third-order valence-corrected chi connectivity index (χ3v) is 4.85. The van der Waals surface area contributed by atoms with E-state index in [0.717, 1.165) is 30.2 Å². The minimum absolute atomic E-state index is 0.138. The molecule has 0 radical (unpaired) electrons. The molecule has 0 bridgehead atoms. The summed E-state index contributed by atoms with van der Waals surface area (Å²) >= 11 is 4.20. The standard InChI is InChI=1S/C16H18BrNO3S/c1-10(2)4-3-7-18-15(20)14(22-16(18)21)9-11-5-6-13(19)12(17)8-11/h5-6,8-10,19H,3-4,7H2,1-2H3/b14-9-. The Morgan fingerprint density at radius 3 is 2.73 bits per heavy atom. The van der Waals surface area contributed by atoms with Crippen molar-refractivity contribution in [2.24, 2.45) is 5.92 Å². The van der Waals surface area contributed by atoms with Gasteiger partial charge < -0.3 is 5.11 Å². The molecular weight excluding hydrogens is 366 g/mol. The lowest BCUT2D eigenvalue weighted by Crippen LogP contribution is -2.29. The molecule has 1 aromatic rings. The van der Waals surface area contributed by atoms with Gasteiger partial charge in [0.05, 0.1) is 9.38 Å². The molecule has 0 atom stereocenters. The number of thioether (sulfide) groups is 1. The molecule has 0 spiro atoms. The molecule has 4 nitrogen and oxygen atoms in total. The first-order chi connectivity index (χ1) is 10.4. The molecule has 118 valence electrons. The highest BCUT2D eigenvalue weighted by Gasteiger charge is 2.34. The number of phenolic OH excluding ortho intramolecular Hbond substituents is 1. The maximum absolute atomic E-state index is 12.3. The molecule has 2 rings (SSSR count). The summed E-state index contributed by atoms with van der Waals surface area (Å²) in [5.74, 6) is 0.465. The largest absolute Gasteiger partial charge is 0.507 e. The van der Waals surface area contributed by atoms with Crippen molar-refractivity contribution in [2.75, 3.05) is 6.54 Å². The highest BCUT2D eigenvalue weighted by molar-refractivity contribution is 9.10. The molecule has 1 N–H and O–H groups in total. The lowest BCUT2D eigenvalue weighted by molar-refractivity contribution is -0.122. The third kappa shape index (κ3) is 4.14. The molecule has 0 unspecified atom stereocenters. The summed E-state index contributed by atoms with van der Waals surface area (Å²) in [6.07, 6.45) is 3.50. The Kier molecular flexibility index (Phi) is 5.69. The Balaban J connectivity index is 2.10. The number of hydrogen-bond donors (Lipinski definition) is 1. The second-order valence-corrected chi connectivity index (χ2v) is 7.43. The average Bonchev–Trinajstić information content (AvgIpc) is 2.70. The van der Waals surface area contributed by atoms with Crippen LogP contribution in [0.25, 0.3) is 6.08 Å².